The number of allylic oxidation sites excluding steroid dienone is 2. The van der Waals surface area contributed by atoms with Crippen LogP contribution in [0, 0.1) is 0 Å². The number of hydrogen-bond donors (Lipinski definition) is 0. The maximum absolute atomic E-state index is 13.1. The minimum atomic E-state index is -0.552. The van der Waals surface area contributed by atoms with E-state index >= 15 is 0 Å². The molecule has 1 aromatic rings. The maximum Gasteiger partial charge on any atom is 0.328 e. The topological polar surface area (TPSA) is 68.7 Å². The predicted octanol–water partition coefficient (Wildman–Crippen LogP) is 2.21. The van der Waals surface area contributed by atoms with Gasteiger partial charge in [0.1, 0.15) is 5.75 Å². The van der Waals surface area contributed by atoms with Crippen LogP contribution in [0.25, 0.3) is 0 Å². The molecule has 0 spiro atoms. The van der Waals surface area contributed by atoms with Gasteiger partial charge in [-0.3, -0.25) is 14.6 Å². The van der Waals surface area contributed by atoms with Crippen LogP contribution < -0.4 is 4.74 Å². The first-order chi connectivity index (χ1) is 13.9. The molecule has 0 saturated carbocycles. The minimum absolute atomic E-state index is 0.186. The van der Waals surface area contributed by atoms with Gasteiger partial charge < -0.3 is 14.5 Å². The molecule has 3 amide bonds. The van der Waals surface area contributed by atoms with Gasteiger partial charge >= 0.3 is 6.03 Å². The summed E-state index contributed by atoms with van der Waals surface area (Å²) < 4.78 is 5.23. The summed E-state index contributed by atoms with van der Waals surface area (Å²) >= 11 is 0. The molecule has 2 atom stereocenters. The Balaban J connectivity index is 1.66. The highest BCUT2D eigenvalue weighted by Crippen LogP contribution is 2.38. The molecule has 29 heavy (non-hydrogen) atoms. The van der Waals surface area contributed by atoms with Crippen LogP contribution in [0.4, 0.5) is 4.79 Å². The van der Waals surface area contributed by atoms with Crippen molar-refractivity contribution < 1.29 is 14.3 Å². The highest BCUT2D eigenvalue weighted by Gasteiger charge is 2.55. The van der Waals surface area contributed by atoms with Gasteiger partial charge in [-0.15, -0.1) is 6.58 Å². The van der Waals surface area contributed by atoms with Crippen LogP contribution in [0.2, 0.25) is 0 Å². The largest absolute Gasteiger partial charge is 0.497 e. The smallest absolute Gasteiger partial charge is 0.328 e. The molecule has 0 aromatic heterocycles. The van der Waals surface area contributed by atoms with Gasteiger partial charge in [-0.1, -0.05) is 18.2 Å². The maximum atomic E-state index is 13.1. The number of hydrogen-bond acceptors (Lipinski definition) is 6. The Labute approximate surface area is 170 Å². The van der Waals surface area contributed by atoms with Gasteiger partial charge in [0, 0.05) is 25.0 Å². The van der Waals surface area contributed by atoms with Crippen molar-refractivity contribution in [2.45, 2.75) is 32.6 Å². The van der Waals surface area contributed by atoms with Crippen LogP contribution >= 0.6 is 0 Å². The van der Waals surface area contributed by atoms with E-state index < -0.39 is 12.2 Å². The zero-order chi connectivity index (χ0) is 20.9. The van der Waals surface area contributed by atoms with Gasteiger partial charge in [-0.05, 0) is 31.5 Å². The average molecular weight is 395 g/mol. The van der Waals surface area contributed by atoms with Crippen molar-refractivity contribution in [2.75, 3.05) is 20.7 Å². The Morgan fingerprint density at radius 3 is 2.45 bits per heavy atom. The van der Waals surface area contributed by atoms with Crippen molar-refractivity contribution >= 4 is 17.9 Å². The molecule has 1 fully saturated rings. The van der Waals surface area contributed by atoms with Crippen molar-refractivity contribution in [1.29, 1.82) is 0 Å². The van der Waals surface area contributed by atoms with Gasteiger partial charge in [0.2, 0.25) is 5.96 Å². The molecule has 152 valence electrons. The van der Waals surface area contributed by atoms with Crippen molar-refractivity contribution in [1.82, 2.24) is 19.6 Å². The Morgan fingerprint density at radius 2 is 1.83 bits per heavy atom. The van der Waals surface area contributed by atoms with E-state index in [2.05, 4.69) is 11.5 Å². The summed E-state index contributed by atoms with van der Waals surface area (Å²) in [6, 6.07) is 6.98. The number of likely N-dealkylation sites (N-methyl/N-ethyl adjacent to an activating group) is 1. The third-order valence-corrected chi connectivity index (χ3v) is 5.81. The molecule has 3 heterocycles. The number of imide groups is 1. The summed E-state index contributed by atoms with van der Waals surface area (Å²) in [5, 5.41) is 0. The molecule has 8 nitrogen and oxygen atoms in total. The number of carbonyl (C=O) groups excluding carboxylic acids is 2. The van der Waals surface area contributed by atoms with E-state index in [4.69, 9.17) is 9.73 Å². The number of methoxy groups -OCH3 is 1. The lowest BCUT2D eigenvalue weighted by Gasteiger charge is -2.40. The normalized spacial score (nSPS) is 23.5. The molecular formula is C21H25N5O3. The van der Waals surface area contributed by atoms with E-state index in [0.717, 1.165) is 22.7 Å². The van der Waals surface area contributed by atoms with Crippen molar-refractivity contribution in [2.24, 2.45) is 4.99 Å². The summed E-state index contributed by atoms with van der Waals surface area (Å²) in [5.41, 5.74) is 3.11. The monoisotopic (exact) mass is 395 g/mol. The zero-order valence-corrected chi connectivity index (χ0v) is 17.1. The molecule has 0 aliphatic carbocycles. The average Bonchev–Trinajstić information content (AvgIpc) is 3.22. The predicted molar refractivity (Wildman–Crippen MR) is 109 cm³/mol. The first-order valence-electron chi connectivity index (χ1n) is 9.53. The Kier molecular flexibility index (Phi) is 4.56. The van der Waals surface area contributed by atoms with E-state index in [1.807, 2.05) is 43.0 Å². The van der Waals surface area contributed by atoms with Crippen LogP contribution in [-0.2, 0) is 11.3 Å². The summed E-state index contributed by atoms with van der Waals surface area (Å²) in [6.45, 7) is 8.48. The first kappa shape index (κ1) is 19.0. The number of carbonyl (C=O) groups is 2. The SMILES string of the molecule is C=CCN1C(=O)C2C(N=C3N(Cc4ccc(OC)cc4)C(C)=C(C)N32)N(C)C1=O. The standard InChI is InChI=1S/C21H25N5O3/c1-6-11-24-19(27)17-18(23(4)21(24)28)22-20-25(13(2)14(3)26(17)20)12-15-7-9-16(29-5)10-8-15/h6-10,17-18H,1,11-12H2,2-5H3. The highest BCUT2D eigenvalue weighted by atomic mass is 16.5. The number of benzene rings is 1. The number of fused-ring (bicyclic) bond motifs is 3. The molecule has 4 rings (SSSR count). The lowest BCUT2D eigenvalue weighted by molar-refractivity contribution is -0.136. The molecule has 1 aromatic carbocycles. The minimum Gasteiger partial charge on any atom is -0.497 e. The lowest BCUT2D eigenvalue weighted by atomic mass is 10.1. The van der Waals surface area contributed by atoms with Gasteiger partial charge in [0.15, 0.2) is 12.2 Å². The lowest BCUT2D eigenvalue weighted by Crippen LogP contribution is -2.64. The van der Waals surface area contributed by atoms with Crippen molar-refractivity contribution in [3.05, 3.63) is 53.9 Å². The molecule has 3 aliphatic heterocycles. The number of rotatable bonds is 5. The number of guanidine groups is 1. The molecule has 0 radical (unpaired) electrons. The zero-order valence-electron chi connectivity index (χ0n) is 17.1. The Morgan fingerprint density at radius 1 is 1.14 bits per heavy atom. The number of nitrogens with zero attached hydrogens (tertiary/aromatic N) is 5. The van der Waals surface area contributed by atoms with E-state index in [-0.39, 0.29) is 18.5 Å². The summed E-state index contributed by atoms with van der Waals surface area (Å²) in [7, 11) is 3.33. The quantitative estimate of drug-likeness (QED) is 0.715. The molecule has 1 saturated heterocycles. The third kappa shape index (κ3) is 2.78. The van der Waals surface area contributed by atoms with E-state index in [9.17, 15) is 9.59 Å². The van der Waals surface area contributed by atoms with Gasteiger partial charge in [-0.25, -0.2) is 9.79 Å². The number of aliphatic imine (C=N–C) groups is 1. The van der Waals surface area contributed by atoms with Crippen LogP contribution in [0.3, 0.4) is 0 Å². The van der Waals surface area contributed by atoms with Gasteiger partial charge in [-0.2, -0.15) is 0 Å². The fourth-order valence-electron chi connectivity index (χ4n) is 4.08. The molecule has 0 N–H and O–H groups in total. The van der Waals surface area contributed by atoms with Gasteiger partial charge in [0.25, 0.3) is 5.91 Å². The Bertz CT molecular complexity index is 936. The summed E-state index contributed by atoms with van der Waals surface area (Å²) in [4.78, 5) is 37.4. The van der Waals surface area contributed by atoms with Crippen molar-refractivity contribution in [3.8, 4) is 5.75 Å². The fourth-order valence-corrected chi connectivity index (χ4v) is 4.08. The second-order valence-corrected chi connectivity index (χ2v) is 7.39. The van der Waals surface area contributed by atoms with Gasteiger partial charge in [0.05, 0.1) is 13.7 Å². The second-order valence-electron chi connectivity index (χ2n) is 7.39. The molecular weight excluding hydrogens is 370 g/mol. The van der Waals surface area contributed by atoms with E-state index in [1.165, 1.54) is 9.80 Å². The fraction of sp³-hybridized carbons (Fsp3) is 0.381. The van der Waals surface area contributed by atoms with Crippen LogP contribution in [-0.4, -0.2) is 70.4 Å². The third-order valence-electron chi connectivity index (χ3n) is 5.81. The second kappa shape index (κ2) is 6.95. The summed E-state index contributed by atoms with van der Waals surface area (Å²) in [5.74, 6) is 1.27. The molecule has 3 aliphatic rings. The van der Waals surface area contributed by atoms with E-state index in [0.29, 0.717) is 12.5 Å². The molecule has 2 unspecified atom stereocenters. The molecule has 8 heteroatoms. The summed E-state index contributed by atoms with van der Waals surface area (Å²) in [6.07, 6.45) is 1.03. The Hall–Kier alpha value is -3.29. The number of amides is 3. The first-order valence-corrected chi connectivity index (χ1v) is 9.53. The van der Waals surface area contributed by atoms with Crippen LogP contribution in [0.15, 0.2) is 53.3 Å². The van der Waals surface area contributed by atoms with Crippen molar-refractivity contribution in [3.63, 3.8) is 0 Å². The highest BCUT2D eigenvalue weighted by molar-refractivity contribution is 6.05. The number of ether oxygens (including phenoxy) is 1. The number of urea groups is 1. The van der Waals surface area contributed by atoms with Crippen LogP contribution in [0.1, 0.15) is 19.4 Å². The molecule has 0 bridgehead atoms. The van der Waals surface area contributed by atoms with Crippen LogP contribution in [0.5, 0.6) is 5.75 Å². The van der Waals surface area contributed by atoms with E-state index in [1.54, 1.807) is 20.2 Å².